The Morgan fingerprint density at radius 3 is 2.39 bits per heavy atom. The molecule has 3 rings (SSSR count). The van der Waals surface area contributed by atoms with Gasteiger partial charge in [-0.15, -0.1) is 0 Å². The second-order valence-corrected chi connectivity index (χ2v) is 6.04. The molecule has 0 unspecified atom stereocenters. The minimum absolute atomic E-state index is 0.00557. The number of halogens is 1. The van der Waals surface area contributed by atoms with E-state index in [-0.39, 0.29) is 5.69 Å². The maximum absolute atomic E-state index is 12.3. The third kappa shape index (κ3) is 4.93. The fourth-order valence-electron chi connectivity index (χ4n) is 2.26. The SMILES string of the molecule is O=C(Oc1ccccc1/C=N\Nc1ccc([N+](=O)[O-])cc1)c1ccc(Cl)cc1. The van der Waals surface area contributed by atoms with Crippen LogP contribution in [-0.4, -0.2) is 17.1 Å². The number of nitrogens with one attached hydrogen (secondary N) is 1. The summed E-state index contributed by atoms with van der Waals surface area (Å²) in [6, 6.07) is 19.1. The van der Waals surface area contributed by atoms with E-state index < -0.39 is 10.9 Å². The molecule has 1 N–H and O–H groups in total. The van der Waals surface area contributed by atoms with Crippen LogP contribution in [0.3, 0.4) is 0 Å². The smallest absolute Gasteiger partial charge is 0.343 e. The zero-order valence-electron chi connectivity index (χ0n) is 14.4. The van der Waals surface area contributed by atoms with E-state index >= 15 is 0 Å². The molecule has 0 saturated heterocycles. The summed E-state index contributed by atoms with van der Waals surface area (Å²) in [4.78, 5) is 22.5. The molecule has 3 aromatic rings. The summed E-state index contributed by atoms with van der Waals surface area (Å²) in [6.45, 7) is 0. The van der Waals surface area contributed by atoms with Crippen LogP contribution in [0.1, 0.15) is 15.9 Å². The monoisotopic (exact) mass is 395 g/mol. The molecule has 3 aromatic carbocycles. The summed E-state index contributed by atoms with van der Waals surface area (Å²) in [5, 5.41) is 15.3. The molecule has 0 atom stereocenters. The lowest BCUT2D eigenvalue weighted by Crippen LogP contribution is -2.09. The third-order valence-corrected chi connectivity index (χ3v) is 3.93. The van der Waals surface area contributed by atoms with Gasteiger partial charge in [0.05, 0.1) is 22.4 Å². The van der Waals surface area contributed by atoms with Gasteiger partial charge in [0.2, 0.25) is 0 Å². The third-order valence-electron chi connectivity index (χ3n) is 3.68. The van der Waals surface area contributed by atoms with Crippen LogP contribution in [-0.2, 0) is 0 Å². The zero-order valence-corrected chi connectivity index (χ0v) is 15.2. The number of carbonyl (C=O) groups excluding carboxylic acids is 1. The van der Waals surface area contributed by atoms with Crippen LogP contribution in [0.15, 0.2) is 77.9 Å². The van der Waals surface area contributed by atoms with Gasteiger partial charge in [-0.1, -0.05) is 23.7 Å². The van der Waals surface area contributed by atoms with Gasteiger partial charge in [0.1, 0.15) is 5.75 Å². The van der Waals surface area contributed by atoms with Crippen LogP contribution in [0, 0.1) is 10.1 Å². The molecule has 0 heterocycles. The Bertz CT molecular complexity index is 1020. The Labute approximate surface area is 165 Å². The highest BCUT2D eigenvalue weighted by atomic mass is 35.5. The van der Waals surface area contributed by atoms with E-state index in [1.54, 1.807) is 60.7 Å². The van der Waals surface area contributed by atoms with Crippen molar-refractivity contribution >= 4 is 35.2 Å². The lowest BCUT2D eigenvalue weighted by Gasteiger charge is -2.07. The minimum atomic E-state index is -0.513. The molecular weight excluding hydrogens is 382 g/mol. The highest BCUT2D eigenvalue weighted by Gasteiger charge is 2.10. The molecule has 8 heteroatoms. The molecule has 140 valence electrons. The molecule has 0 aromatic heterocycles. The maximum Gasteiger partial charge on any atom is 0.343 e. The molecule has 7 nitrogen and oxygen atoms in total. The number of non-ortho nitro benzene ring substituents is 1. The molecule has 0 radical (unpaired) electrons. The molecule has 0 aliphatic carbocycles. The highest BCUT2D eigenvalue weighted by molar-refractivity contribution is 6.30. The number of rotatable bonds is 6. The number of carbonyl (C=O) groups is 1. The first-order valence-electron chi connectivity index (χ1n) is 8.13. The Morgan fingerprint density at radius 2 is 1.71 bits per heavy atom. The van der Waals surface area contributed by atoms with E-state index in [9.17, 15) is 14.9 Å². The van der Waals surface area contributed by atoms with Crippen LogP contribution < -0.4 is 10.2 Å². The van der Waals surface area contributed by atoms with E-state index in [1.807, 2.05) is 0 Å². The number of nitrogens with zero attached hydrogens (tertiary/aromatic N) is 2. The Balaban J connectivity index is 1.69. The molecular formula is C20H14ClN3O4. The van der Waals surface area contributed by atoms with E-state index in [0.717, 1.165) is 0 Å². The summed E-state index contributed by atoms with van der Waals surface area (Å²) in [5.74, 6) is -0.169. The lowest BCUT2D eigenvalue weighted by atomic mass is 10.2. The van der Waals surface area contributed by atoms with Crippen molar-refractivity contribution in [3.8, 4) is 5.75 Å². The number of hydrogen-bond donors (Lipinski definition) is 1. The molecule has 0 spiro atoms. The first-order chi connectivity index (χ1) is 13.5. The van der Waals surface area contributed by atoms with E-state index in [1.165, 1.54) is 18.3 Å². The van der Waals surface area contributed by atoms with Gasteiger partial charge in [-0.25, -0.2) is 4.79 Å². The predicted molar refractivity (Wildman–Crippen MR) is 107 cm³/mol. The van der Waals surface area contributed by atoms with Gasteiger partial charge >= 0.3 is 5.97 Å². The van der Waals surface area contributed by atoms with Gasteiger partial charge in [0, 0.05) is 22.7 Å². The first-order valence-corrected chi connectivity index (χ1v) is 8.51. The summed E-state index contributed by atoms with van der Waals surface area (Å²) < 4.78 is 5.44. The van der Waals surface area contributed by atoms with Gasteiger partial charge < -0.3 is 4.74 Å². The average molecular weight is 396 g/mol. The number of nitro benzene ring substituents is 1. The largest absolute Gasteiger partial charge is 0.422 e. The van der Waals surface area contributed by atoms with Gasteiger partial charge in [0.15, 0.2) is 0 Å². The fraction of sp³-hybridized carbons (Fsp3) is 0. The van der Waals surface area contributed by atoms with Crippen molar-refractivity contribution in [1.29, 1.82) is 0 Å². The van der Waals surface area contributed by atoms with Crippen LogP contribution in [0.5, 0.6) is 5.75 Å². The number of para-hydroxylation sites is 1. The van der Waals surface area contributed by atoms with Crippen molar-refractivity contribution in [3.05, 3.63) is 99.1 Å². The quantitative estimate of drug-likeness (QED) is 0.210. The molecule has 0 amide bonds. The molecule has 0 aliphatic rings. The maximum atomic E-state index is 12.3. The summed E-state index contributed by atoms with van der Waals surface area (Å²) in [5.41, 5.74) is 4.30. The van der Waals surface area contributed by atoms with E-state index in [2.05, 4.69) is 10.5 Å². The number of nitro groups is 1. The first kappa shape index (κ1) is 19.1. The molecule has 0 fully saturated rings. The van der Waals surface area contributed by atoms with Gasteiger partial charge in [-0.3, -0.25) is 15.5 Å². The molecule has 0 aliphatic heterocycles. The zero-order chi connectivity index (χ0) is 19.9. The Morgan fingerprint density at radius 1 is 1.04 bits per heavy atom. The highest BCUT2D eigenvalue weighted by Crippen LogP contribution is 2.19. The number of hydrazone groups is 1. The molecule has 0 bridgehead atoms. The molecule has 28 heavy (non-hydrogen) atoms. The number of ether oxygens (including phenoxy) is 1. The van der Waals surface area contributed by atoms with Crippen molar-refractivity contribution in [2.45, 2.75) is 0 Å². The van der Waals surface area contributed by atoms with Crippen LogP contribution >= 0.6 is 11.6 Å². The average Bonchev–Trinajstić information content (AvgIpc) is 2.70. The molecule has 0 saturated carbocycles. The Kier molecular flexibility index (Phi) is 5.98. The number of hydrogen-bond acceptors (Lipinski definition) is 6. The lowest BCUT2D eigenvalue weighted by molar-refractivity contribution is -0.384. The number of anilines is 1. The standard InChI is InChI=1S/C20H14ClN3O4/c21-16-7-5-14(6-8-16)20(25)28-19-4-2-1-3-15(19)13-22-23-17-9-11-18(12-10-17)24(26)27/h1-13,23H/b22-13-. The van der Waals surface area contributed by atoms with Crippen LogP contribution in [0.4, 0.5) is 11.4 Å². The predicted octanol–water partition coefficient (Wildman–Crippen LogP) is 4.91. The minimum Gasteiger partial charge on any atom is -0.422 e. The van der Waals surface area contributed by atoms with Crippen molar-refractivity contribution in [2.24, 2.45) is 5.10 Å². The second kappa shape index (κ2) is 8.79. The van der Waals surface area contributed by atoms with Gasteiger partial charge in [-0.2, -0.15) is 5.10 Å². The van der Waals surface area contributed by atoms with Gasteiger partial charge in [-0.05, 0) is 48.5 Å². The summed E-state index contributed by atoms with van der Waals surface area (Å²) in [6.07, 6.45) is 1.49. The number of benzene rings is 3. The van der Waals surface area contributed by atoms with Gasteiger partial charge in [0.25, 0.3) is 5.69 Å². The van der Waals surface area contributed by atoms with Crippen LogP contribution in [0.2, 0.25) is 5.02 Å². The summed E-state index contributed by atoms with van der Waals surface area (Å²) in [7, 11) is 0. The summed E-state index contributed by atoms with van der Waals surface area (Å²) >= 11 is 5.82. The van der Waals surface area contributed by atoms with Crippen LogP contribution in [0.25, 0.3) is 0 Å². The Hall–Kier alpha value is -3.71. The van der Waals surface area contributed by atoms with E-state index in [0.29, 0.717) is 27.6 Å². The van der Waals surface area contributed by atoms with Crippen molar-refractivity contribution in [1.82, 2.24) is 0 Å². The number of esters is 1. The second-order valence-electron chi connectivity index (χ2n) is 5.61. The topological polar surface area (TPSA) is 93.8 Å². The van der Waals surface area contributed by atoms with E-state index in [4.69, 9.17) is 16.3 Å². The van der Waals surface area contributed by atoms with Crippen molar-refractivity contribution < 1.29 is 14.5 Å². The van der Waals surface area contributed by atoms with Crippen molar-refractivity contribution in [2.75, 3.05) is 5.43 Å². The normalized spacial score (nSPS) is 10.6. The van der Waals surface area contributed by atoms with Crippen molar-refractivity contribution in [3.63, 3.8) is 0 Å². The fourth-order valence-corrected chi connectivity index (χ4v) is 2.38.